The van der Waals surface area contributed by atoms with Gasteiger partial charge in [-0.2, -0.15) is 0 Å². The molecule has 2 nitrogen and oxygen atoms in total. The third kappa shape index (κ3) is 1.78. The first-order valence-electron chi connectivity index (χ1n) is 4.98. The van der Waals surface area contributed by atoms with Crippen molar-refractivity contribution in [2.75, 3.05) is 0 Å². The van der Waals surface area contributed by atoms with Crippen LogP contribution in [0.4, 0.5) is 0 Å². The standard InChI is InChI=1S/C12H14N2/c1-9(13)4-5-11-7-6-10-3-2-8-14-12(10)11/h2-3,8-9,11H,6-7,13H2,1H3. The van der Waals surface area contributed by atoms with Crippen LogP contribution in [0.1, 0.15) is 30.5 Å². The summed E-state index contributed by atoms with van der Waals surface area (Å²) >= 11 is 0. The summed E-state index contributed by atoms with van der Waals surface area (Å²) in [5.41, 5.74) is 8.09. The number of aromatic nitrogens is 1. The Bertz CT molecular complexity index is 385. The van der Waals surface area contributed by atoms with Crippen LogP contribution in [0.25, 0.3) is 0 Å². The molecule has 0 aromatic carbocycles. The van der Waals surface area contributed by atoms with E-state index in [0.717, 1.165) is 18.5 Å². The van der Waals surface area contributed by atoms with Crippen molar-refractivity contribution in [2.45, 2.75) is 31.7 Å². The van der Waals surface area contributed by atoms with Crippen molar-refractivity contribution in [2.24, 2.45) is 5.73 Å². The van der Waals surface area contributed by atoms with E-state index >= 15 is 0 Å². The maximum atomic E-state index is 5.60. The van der Waals surface area contributed by atoms with Gasteiger partial charge in [-0.3, -0.25) is 4.98 Å². The molecule has 1 aliphatic carbocycles. The number of aryl methyl sites for hydroxylation is 1. The van der Waals surface area contributed by atoms with Crippen LogP contribution in [0, 0.1) is 11.8 Å². The van der Waals surface area contributed by atoms with E-state index in [1.807, 2.05) is 19.2 Å². The number of pyridine rings is 1. The lowest BCUT2D eigenvalue weighted by Gasteiger charge is -2.01. The Kier molecular flexibility index (Phi) is 2.51. The molecule has 0 saturated heterocycles. The van der Waals surface area contributed by atoms with Gasteiger partial charge in [-0.05, 0) is 31.4 Å². The van der Waals surface area contributed by atoms with E-state index < -0.39 is 0 Å². The molecule has 2 N–H and O–H groups in total. The second-order valence-corrected chi connectivity index (χ2v) is 3.72. The van der Waals surface area contributed by atoms with E-state index in [9.17, 15) is 0 Å². The monoisotopic (exact) mass is 186 g/mol. The fourth-order valence-corrected chi connectivity index (χ4v) is 1.79. The Balaban J connectivity index is 2.24. The largest absolute Gasteiger partial charge is 0.318 e. The Morgan fingerprint density at radius 1 is 1.64 bits per heavy atom. The highest BCUT2D eigenvalue weighted by molar-refractivity contribution is 5.35. The molecule has 2 unspecified atom stereocenters. The van der Waals surface area contributed by atoms with Gasteiger partial charge < -0.3 is 5.73 Å². The number of hydrogen-bond acceptors (Lipinski definition) is 2. The van der Waals surface area contributed by atoms with Crippen molar-refractivity contribution in [3.63, 3.8) is 0 Å². The summed E-state index contributed by atoms with van der Waals surface area (Å²) in [4.78, 5) is 4.38. The molecule has 2 heteroatoms. The predicted molar refractivity (Wildman–Crippen MR) is 56.7 cm³/mol. The molecule has 0 aliphatic heterocycles. The molecule has 14 heavy (non-hydrogen) atoms. The summed E-state index contributed by atoms with van der Waals surface area (Å²) in [6, 6.07) is 4.08. The zero-order chi connectivity index (χ0) is 9.97. The van der Waals surface area contributed by atoms with Gasteiger partial charge in [0.25, 0.3) is 0 Å². The fraction of sp³-hybridized carbons (Fsp3) is 0.417. The maximum Gasteiger partial charge on any atom is 0.0636 e. The molecular formula is C12H14N2. The highest BCUT2D eigenvalue weighted by Gasteiger charge is 2.21. The summed E-state index contributed by atoms with van der Waals surface area (Å²) in [7, 11) is 0. The summed E-state index contributed by atoms with van der Waals surface area (Å²) in [6.07, 6.45) is 4.03. The molecule has 0 bridgehead atoms. The van der Waals surface area contributed by atoms with Crippen molar-refractivity contribution >= 4 is 0 Å². The van der Waals surface area contributed by atoms with Gasteiger partial charge in [0.2, 0.25) is 0 Å². The normalized spacial score (nSPS) is 20.9. The summed E-state index contributed by atoms with van der Waals surface area (Å²) in [5, 5.41) is 0. The van der Waals surface area contributed by atoms with E-state index in [2.05, 4.69) is 22.9 Å². The van der Waals surface area contributed by atoms with E-state index in [4.69, 9.17) is 5.73 Å². The molecule has 0 fully saturated rings. The molecule has 0 amide bonds. The first-order valence-corrected chi connectivity index (χ1v) is 4.98. The molecule has 2 rings (SSSR count). The third-order valence-electron chi connectivity index (χ3n) is 2.44. The van der Waals surface area contributed by atoms with Gasteiger partial charge in [-0.1, -0.05) is 17.9 Å². The molecule has 0 spiro atoms. The third-order valence-corrected chi connectivity index (χ3v) is 2.44. The quantitative estimate of drug-likeness (QED) is 0.623. The van der Waals surface area contributed by atoms with Crippen molar-refractivity contribution in [1.29, 1.82) is 0 Å². The van der Waals surface area contributed by atoms with Crippen LogP contribution >= 0.6 is 0 Å². The lowest BCUT2D eigenvalue weighted by atomic mass is 10.1. The van der Waals surface area contributed by atoms with Crippen LogP contribution in [0.5, 0.6) is 0 Å². The van der Waals surface area contributed by atoms with Crippen molar-refractivity contribution in [1.82, 2.24) is 4.98 Å². The van der Waals surface area contributed by atoms with E-state index in [0.29, 0.717) is 5.92 Å². The van der Waals surface area contributed by atoms with Gasteiger partial charge in [-0.15, -0.1) is 0 Å². The highest BCUT2D eigenvalue weighted by atomic mass is 14.7. The summed E-state index contributed by atoms with van der Waals surface area (Å²) in [5.74, 6) is 6.52. The Morgan fingerprint density at radius 3 is 3.29 bits per heavy atom. The zero-order valence-corrected chi connectivity index (χ0v) is 8.33. The smallest absolute Gasteiger partial charge is 0.0636 e. The van der Waals surface area contributed by atoms with Gasteiger partial charge in [0.05, 0.1) is 17.7 Å². The van der Waals surface area contributed by atoms with Gasteiger partial charge in [-0.25, -0.2) is 0 Å². The van der Waals surface area contributed by atoms with Crippen molar-refractivity contribution in [3.05, 3.63) is 29.6 Å². The molecule has 2 atom stereocenters. The van der Waals surface area contributed by atoms with E-state index in [1.54, 1.807) is 0 Å². The molecular weight excluding hydrogens is 172 g/mol. The SMILES string of the molecule is CC(N)C#CC1CCc2cccnc21. The highest BCUT2D eigenvalue weighted by Crippen LogP contribution is 2.30. The van der Waals surface area contributed by atoms with Gasteiger partial charge in [0.15, 0.2) is 0 Å². The Hall–Kier alpha value is -1.33. The molecule has 0 radical (unpaired) electrons. The molecule has 72 valence electrons. The molecule has 1 heterocycles. The lowest BCUT2D eigenvalue weighted by molar-refractivity contribution is 0.816. The average Bonchev–Trinajstić information content (AvgIpc) is 2.58. The van der Waals surface area contributed by atoms with Crippen LogP contribution in [0.3, 0.4) is 0 Å². The summed E-state index contributed by atoms with van der Waals surface area (Å²) in [6.45, 7) is 1.90. The van der Waals surface area contributed by atoms with Crippen LogP contribution in [-0.2, 0) is 6.42 Å². The van der Waals surface area contributed by atoms with Gasteiger partial charge >= 0.3 is 0 Å². The Morgan fingerprint density at radius 2 is 2.50 bits per heavy atom. The fourth-order valence-electron chi connectivity index (χ4n) is 1.79. The first-order chi connectivity index (χ1) is 6.77. The first kappa shape index (κ1) is 9.23. The molecule has 1 aromatic rings. The van der Waals surface area contributed by atoms with Crippen molar-refractivity contribution in [3.8, 4) is 11.8 Å². The number of rotatable bonds is 0. The molecule has 1 aliphatic rings. The Labute approximate surface area is 84.5 Å². The minimum Gasteiger partial charge on any atom is -0.318 e. The topological polar surface area (TPSA) is 38.9 Å². The zero-order valence-electron chi connectivity index (χ0n) is 8.33. The average molecular weight is 186 g/mol. The van der Waals surface area contributed by atoms with E-state index in [-0.39, 0.29) is 6.04 Å². The van der Waals surface area contributed by atoms with Gasteiger partial charge in [0, 0.05) is 6.20 Å². The van der Waals surface area contributed by atoms with Crippen LogP contribution in [0.2, 0.25) is 0 Å². The van der Waals surface area contributed by atoms with Crippen LogP contribution in [0.15, 0.2) is 18.3 Å². The molecule has 1 aromatic heterocycles. The molecule has 0 saturated carbocycles. The van der Waals surface area contributed by atoms with Crippen LogP contribution < -0.4 is 5.73 Å². The number of nitrogens with two attached hydrogens (primary N) is 1. The summed E-state index contributed by atoms with van der Waals surface area (Å²) < 4.78 is 0. The van der Waals surface area contributed by atoms with Crippen LogP contribution in [-0.4, -0.2) is 11.0 Å². The number of nitrogens with zero attached hydrogens (tertiary/aromatic N) is 1. The minimum atomic E-state index is -0.0391. The predicted octanol–water partition coefficient (Wildman–Crippen LogP) is 1.46. The second kappa shape index (κ2) is 3.81. The second-order valence-electron chi connectivity index (χ2n) is 3.72. The van der Waals surface area contributed by atoms with Gasteiger partial charge in [0.1, 0.15) is 0 Å². The minimum absolute atomic E-state index is 0.0391. The number of fused-ring (bicyclic) bond motifs is 1. The van der Waals surface area contributed by atoms with Crippen molar-refractivity contribution < 1.29 is 0 Å². The number of hydrogen-bond donors (Lipinski definition) is 1. The lowest BCUT2D eigenvalue weighted by Crippen LogP contribution is -2.11. The maximum absolute atomic E-state index is 5.60. The van der Waals surface area contributed by atoms with E-state index in [1.165, 1.54) is 5.56 Å².